The third kappa shape index (κ3) is 3.62. The first-order valence-electron chi connectivity index (χ1n) is 10.8. The summed E-state index contributed by atoms with van der Waals surface area (Å²) in [6.45, 7) is 2.35. The number of anilines is 2. The second-order valence-electron chi connectivity index (χ2n) is 8.07. The predicted molar refractivity (Wildman–Crippen MR) is 124 cm³/mol. The van der Waals surface area contributed by atoms with Crippen LogP contribution in [0, 0.1) is 0 Å². The lowest BCUT2D eigenvalue weighted by Gasteiger charge is -2.20. The van der Waals surface area contributed by atoms with Crippen LogP contribution in [-0.2, 0) is 22.9 Å². The molecule has 0 aromatic heterocycles. The molecule has 1 amide bonds. The van der Waals surface area contributed by atoms with E-state index < -0.39 is 10.0 Å². The summed E-state index contributed by atoms with van der Waals surface area (Å²) in [5, 5.41) is 0. The fourth-order valence-corrected chi connectivity index (χ4v) is 5.49. The van der Waals surface area contributed by atoms with Gasteiger partial charge < -0.3 is 9.64 Å². The number of para-hydroxylation sites is 2. The van der Waals surface area contributed by atoms with Crippen molar-refractivity contribution in [2.45, 2.75) is 37.5 Å². The average molecular weight is 449 g/mol. The lowest BCUT2D eigenvalue weighted by molar-refractivity contribution is 0.0988. The molecule has 0 bridgehead atoms. The van der Waals surface area contributed by atoms with Crippen molar-refractivity contribution < 1.29 is 17.9 Å². The van der Waals surface area contributed by atoms with E-state index in [1.54, 1.807) is 35.2 Å². The summed E-state index contributed by atoms with van der Waals surface area (Å²) in [7, 11) is -3.79. The number of nitrogens with zero attached hydrogens (tertiary/aromatic N) is 1. The third-order valence-electron chi connectivity index (χ3n) is 6.03. The Morgan fingerprint density at radius 2 is 1.72 bits per heavy atom. The van der Waals surface area contributed by atoms with Crippen molar-refractivity contribution in [1.29, 1.82) is 0 Å². The Morgan fingerprint density at radius 3 is 2.53 bits per heavy atom. The maximum absolute atomic E-state index is 13.2. The Balaban J connectivity index is 1.48. The molecule has 1 N–H and O–H groups in total. The average Bonchev–Trinajstić information content (AvgIpc) is 2.92. The zero-order chi connectivity index (χ0) is 22.3. The summed E-state index contributed by atoms with van der Waals surface area (Å²) in [5.74, 6) is 0.751. The Bertz CT molecular complexity index is 1320. The van der Waals surface area contributed by atoms with Gasteiger partial charge in [-0.3, -0.25) is 9.52 Å². The van der Waals surface area contributed by atoms with Crippen LogP contribution in [-0.4, -0.2) is 20.9 Å². The maximum Gasteiger partial charge on any atom is 0.262 e. The van der Waals surface area contributed by atoms with Gasteiger partial charge in [-0.25, -0.2) is 8.42 Å². The first kappa shape index (κ1) is 20.6. The van der Waals surface area contributed by atoms with E-state index in [0.717, 1.165) is 31.2 Å². The van der Waals surface area contributed by atoms with Crippen molar-refractivity contribution in [3.05, 3.63) is 77.4 Å². The second kappa shape index (κ2) is 7.98. The van der Waals surface area contributed by atoms with Crippen molar-refractivity contribution in [2.75, 3.05) is 16.2 Å². The molecule has 0 spiro atoms. The quantitative estimate of drug-likeness (QED) is 0.600. The topological polar surface area (TPSA) is 75.7 Å². The highest BCUT2D eigenvalue weighted by atomic mass is 32.2. The first-order valence-corrected chi connectivity index (χ1v) is 12.3. The normalized spacial score (nSPS) is 15.2. The molecule has 164 valence electrons. The second-order valence-corrected chi connectivity index (χ2v) is 9.76. The van der Waals surface area contributed by atoms with Crippen molar-refractivity contribution in [3.8, 4) is 11.5 Å². The Labute approximate surface area is 187 Å². The van der Waals surface area contributed by atoms with Crippen LogP contribution >= 0.6 is 0 Å². The molecule has 1 aliphatic carbocycles. The minimum absolute atomic E-state index is 0.234. The van der Waals surface area contributed by atoms with E-state index in [-0.39, 0.29) is 10.8 Å². The highest BCUT2D eigenvalue weighted by molar-refractivity contribution is 7.92. The number of benzene rings is 3. The van der Waals surface area contributed by atoms with Crippen molar-refractivity contribution in [2.24, 2.45) is 0 Å². The van der Waals surface area contributed by atoms with Crippen LogP contribution in [0.15, 0.2) is 65.6 Å². The van der Waals surface area contributed by atoms with Crippen LogP contribution in [0.25, 0.3) is 0 Å². The molecule has 32 heavy (non-hydrogen) atoms. The van der Waals surface area contributed by atoms with Gasteiger partial charge in [-0.15, -0.1) is 0 Å². The number of hydrogen-bond donors (Lipinski definition) is 1. The SMILES string of the molecule is CCN1C(=O)c2cc(NS(=O)(=O)c3ccc4c(c3)CCCC4)ccc2Oc2ccccc21. The number of rotatable bonds is 4. The van der Waals surface area contributed by atoms with Gasteiger partial charge in [0.05, 0.1) is 16.1 Å². The van der Waals surface area contributed by atoms with Crippen molar-refractivity contribution in [3.63, 3.8) is 0 Å². The maximum atomic E-state index is 13.2. The van der Waals surface area contributed by atoms with Gasteiger partial charge in [0.1, 0.15) is 5.75 Å². The van der Waals surface area contributed by atoms with Crippen LogP contribution in [0.2, 0.25) is 0 Å². The first-order chi connectivity index (χ1) is 15.5. The zero-order valence-electron chi connectivity index (χ0n) is 17.8. The van der Waals surface area contributed by atoms with Crippen molar-refractivity contribution in [1.82, 2.24) is 0 Å². The fourth-order valence-electron chi connectivity index (χ4n) is 4.39. The van der Waals surface area contributed by atoms with E-state index in [0.29, 0.717) is 35.0 Å². The highest BCUT2D eigenvalue weighted by Crippen LogP contribution is 2.39. The number of ether oxygens (including phenoxy) is 1. The summed E-state index contributed by atoms with van der Waals surface area (Å²) in [6, 6.07) is 17.5. The Morgan fingerprint density at radius 1 is 0.938 bits per heavy atom. The molecular weight excluding hydrogens is 424 g/mol. The molecule has 0 saturated heterocycles. The minimum atomic E-state index is -3.79. The predicted octanol–water partition coefficient (Wildman–Crippen LogP) is 5.14. The molecule has 0 atom stereocenters. The molecule has 3 aromatic rings. The Hall–Kier alpha value is -3.32. The van der Waals surface area contributed by atoms with Gasteiger partial charge in [-0.2, -0.15) is 0 Å². The number of carbonyl (C=O) groups excluding carboxylic acids is 1. The zero-order valence-corrected chi connectivity index (χ0v) is 18.6. The molecule has 2 aliphatic rings. The number of fused-ring (bicyclic) bond motifs is 3. The van der Waals surface area contributed by atoms with Gasteiger partial charge in [-0.05, 0) is 86.2 Å². The molecule has 0 unspecified atom stereocenters. The summed E-state index contributed by atoms with van der Waals surface area (Å²) < 4.78 is 34.8. The largest absolute Gasteiger partial charge is 0.454 e. The van der Waals surface area contributed by atoms with Crippen LogP contribution < -0.4 is 14.4 Å². The molecule has 0 fully saturated rings. The van der Waals surface area contributed by atoms with Crippen LogP contribution in [0.4, 0.5) is 11.4 Å². The smallest absolute Gasteiger partial charge is 0.262 e. The summed E-state index contributed by atoms with van der Waals surface area (Å²) in [6.07, 6.45) is 4.11. The van der Waals surface area contributed by atoms with Crippen LogP contribution in [0.3, 0.4) is 0 Å². The summed E-state index contributed by atoms with van der Waals surface area (Å²) >= 11 is 0. The highest BCUT2D eigenvalue weighted by Gasteiger charge is 2.28. The van der Waals surface area contributed by atoms with E-state index in [4.69, 9.17) is 4.74 Å². The monoisotopic (exact) mass is 448 g/mol. The van der Waals surface area contributed by atoms with E-state index in [2.05, 4.69) is 4.72 Å². The van der Waals surface area contributed by atoms with Gasteiger partial charge in [0.25, 0.3) is 15.9 Å². The molecule has 7 heteroatoms. The van der Waals surface area contributed by atoms with E-state index in [1.165, 1.54) is 5.56 Å². The molecule has 5 rings (SSSR count). The van der Waals surface area contributed by atoms with Crippen molar-refractivity contribution >= 4 is 27.3 Å². The summed E-state index contributed by atoms with van der Waals surface area (Å²) in [4.78, 5) is 15.1. The fraction of sp³-hybridized carbons (Fsp3) is 0.240. The van der Waals surface area contributed by atoms with Gasteiger partial charge >= 0.3 is 0 Å². The van der Waals surface area contributed by atoms with Crippen LogP contribution in [0.5, 0.6) is 11.5 Å². The van der Waals surface area contributed by atoms with Gasteiger partial charge in [0.2, 0.25) is 0 Å². The molecule has 0 saturated carbocycles. The number of sulfonamides is 1. The van der Waals surface area contributed by atoms with E-state index >= 15 is 0 Å². The molecule has 6 nitrogen and oxygen atoms in total. The van der Waals surface area contributed by atoms with Crippen LogP contribution in [0.1, 0.15) is 41.3 Å². The lowest BCUT2D eigenvalue weighted by Crippen LogP contribution is -2.29. The van der Waals surface area contributed by atoms with Gasteiger partial charge in [-0.1, -0.05) is 18.2 Å². The minimum Gasteiger partial charge on any atom is -0.454 e. The summed E-state index contributed by atoms with van der Waals surface area (Å²) in [5.41, 5.74) is 3.64. The molecule has 1 aliphatic heterocycles. The standard InChI is InChI=1S/C25H24N2O4S/c1-2-27-22-9-5-6-10-24(22)31-23-14-12-19(16-21(23)25(27)28)26-32(29,30)20-13-11-17-7-3-4-8-18(17)15-20/h5-6,9-16,26H,2-4,7-8H2,1H3. The molecule has 0 radical (unpaired) electrons. The van der Waals surface area contributed by atoms with E-state index in [1.807, 2.05) is 37.3 Å². The van der Waals surface area contributed by atoms with E-state index in [9.17, 15) is 13.2 Å². The number of amides is 1. The third-order valence-corrected chi connectivity index (χ3v) is 7.41. The number of aryl methyl sites for hydroxylation is 2. The Kier molecular flexibility index (Phi) is 5.13. The molecular formula is C25H24N2O4S. The van der Waals surface area contributed by atoms with Gasteiger partial charge in [0.15, 0.2) is 5.75 Å². The number of nitrogens with one attached hydrogen (secondary N) is 1. The molecule has 1 heterocycles. The lowest BCUT2D eigenvalue weighted by atomic mass is 9.92. The number of hydrogen-bond acceptors (Lipinski definition) is 4. The molecule has 3 aromatic carbocycles. The number of carbonyl (C=O) groups is 1. The van der Waals surface area contributed by atoms with Gasteiger partial charge in [0, 0.05) is 12.2 Å².